The largest absolute Gasteiger partial charge is 0.618 e. The van der Waals surface area contributed by atoms with Crippen LogP contribution in [-0.2, 0) is 25.0 Å². The fourth-order valence-electron chi connectivity index (χ4n) is 5.33. The summed E-state index contributed by atoms with van der Waals surface area (Å²) in [5, 5.41) is 14.6. The number of likely N-dealkylation sites (tertiary alicyclic amines) is 1. The van der Waals surface area contributed by atoms with Crippen molar-refractivity contribution in [2.75, 3.05) is 13.1 Å². The normalized spacial score (nSPS) is 20.8. The lowest BCUT2D eigenvalue weighted by molar-refractivity contribution is -0.646. The van der Waals surface area contributed by atoms with Crippen LogP contribution in [0.3, 0.4) is 0 Å². The summed E-state index contributed by atoms with van der Waals surface area (Å²) in [7, 11) is -4.26. The van der Waals surface area contributed by atoms with Crippen molar-refractivity contribution in [1.82, 2.24) is 14.5 Å². The Hall–Kier alpha value is -3.31. The Morgan fingerprint density at radius 1 is 1.13 bits per heavy atom. The quantitative estimate of drug-likeness (QED) is 0.410. The maximum Gasteiger partial charge on any atom is 0.323 e. The zero-order valence-electron chi connectivity index (χ0n) is 23.0. The van der Waals surface area contributed by atoms with Gasteiger partial charge in [-0.1, -0.05) is 46.8 Å². The molecule has 1 aromatic carbocycles. The van der Waals surface area contributed by atoms with E-state index in [0.29, 0.717) is 12.0 Å². The first-order chi connectivity index (χ1) is 18.2. The fraction of sp³-hybridized carbons (Fsp3) is 0.500. The lowest BCUT2D eigenvalue weighted by Crippen LogP contribution is -2.53. The summed E-state index contributed by atoms with van der Waals surface area (Å²) in [6.45, 7) is 9.86. The first-order valence-electron chi connectivity index (χ1n) is 13.2. The van der Waals surface area contributed by atoms with Crippen LogP contribution in [0.15, 0.2) is 53.7 Å². The van der Waals surface area contributed by atoms with Crippen LogP contribution in [0.1, 0.15) is 63.4 Å². The van der Waals surface area contributed by atoms with Gasteiger partial charge >= 0.3 is 15.0 Å². The Bertz CT molecular complexity index is 1370. The van der Waals surface area contributed by atoms with Crippen molar-refractivity contribution in [2.45, 2.75) is 76.0 Å². The number of carbonyl (C=O) groups is 3. The molecule has 39 heavy (non-hydrogen) atoms. The van der Waals surface area contributed by atoms with Gasteiger partial charge in [0.25, 0.3) is 5.91 Å². The summed E-state index contributed by atoms with van der Waals surface area (Å²) in [5.74, 6) is -1.14. The second-order valence-corrected chi connectivity index (χ2v) is 13.5. The monoisotopic (exact) mass is 556 g/mol. The number of benzene rings is 1. The summed E-state index contributed by atoms with van der Waals surface area (Å²) < 4.78 is 27.8. The minimum absolute atomic E-state index is 0.0684. The molecule has 0 aliphatic carbocycles. The molecule has 0 spiro atoms. The number of nitrogens with zero attached hydrogens (tertiary/aromatic N) is 3. The summed E-state index contributed by atoms with van der Waals surface area (Å²) in [6, 6.07) is 8.68. The molecule has 2 saturated heterocycles. The summed E-state index contributed by atoms with van der Waals surface area (Å²) in [4.78, 5) is 41.3. The number of amides is 2. The highest BCUT2D eigenvalue weighted by Crippen LogP contribution is 2.34. The van der Waals surface area contributed by atoms with E-state index in [1.807, 2.05) is 26.0 Å². The predicted octanol–water partition coefficient (Wildman–Crippen LogP) is 2.01. The molecule has 11 heteroatoms. The van der Waals surface area contributed by atoms with Gasteiger partial charge in [-0.2, -0.15) is 9.04 Å². The van der Waals surface area contributed by atoms with Gasteiger partial charge in [-0.15, -0.1) is 0 Å². The van der Waals surface area contributed by atoms with Crippen LogP contribution in [-0.4, -0.2) is 66.4 Å². The standard InChI is InChI=1S/C28H36N4O6S/c1-18(2)16-21(29-26(34)19-9-11-20(12-10-19)28(3,4)5)27(35)30-15-13-22-25(30)23(33)17-32(22)39(37,38)24-8-6-7-14-31(24)36/h6-12,14,18,21-22,25H,13,15-17H2,1-5H3,(H,29,34). The van der Waals surface area contributed by atoms with E-state index in [1.165, 1.54) is 23.1 Å². The summed E-state index contributed by atoms with van der Waals surface area (Å²) in [6.07, 6.45) is 1.70. The van der Waals surface area contributed by atoms with Crippen molar-refractivity contribution in [3.63, 3.8) is 0 Å². The number of fused-ring (bicyclic) bond motifs is 1. The van der Waals surface area contributed by atoms with Crippen LogP contribution >= 0.6 is 0 Å². The molecule has 210 valence electrons. The highest BCUT2D eigenvalue weighted by molar-refractivity contribution is 7.89. The third-order valence-corrected chi connectivity index (χ3v) is 9.21. The van der Waals surface area contributed by atoms with E-state index in [-0.39, 0.29) is 29.0 Å². The number of ketones is 1. The molecule has 3 heterocycles. The number of hydrogen-bond donors (Lipinski definition) is 1. The molecule has 0 radical (unpaired) electrons. The third kappa shape index (κ3) is 5.69. The molecule has 0 bridgehead atoms. The minimum Gasteiger partial charge on any atom is -0.618 e. The maximum absolute atomic E-state index is 13.7. The van der Waals surface area contributed by atoms with Crippen molar-refractivity contribution in [2.24, 2.45) is 5.92 Å². The smallest absolute Gasteiger partial charge is 0.323 e. The molecule has 4 rings (SSSR count). The fourth-order valence-corrected chi connectivity index (χ4v) is 6.98. The number of rotatable bonds is 7. The average molecular weight is 557 g/mol. The van der Waals surface area contributed by atoms with Gasteiger partial charge in [-0.05, 0) is 47.9 Å². The highest BCUT2D eigenvalue weighted by atomic mass is 32.2. The highest BCUT2D eigenvalue weighted by Gasteiger charge is 2.55. The van der Waals surface area contributed by atoms with Crippen molar-refractivity contribution in [3.8, 4) is 0 Å². The second-order valence-electron chi connectivity index (χ2n) is 11.7. The first kappa shape index (κ1) is 28.7. The topological polar surface area (TPSA) is 131 Å². The average Bonchev–Trinajstić information content (AvgIpc) is 3.44. The number of Topliss-reactive ketones (excluding diaryl/α,β-unsaturated/α-hetero) is 1. The summed E-state index contributed by atoms with van der Waals surface area (Å²) in [5.41, 5.74) is 1.43. The Labute approximate surface area is 229 Å². The van der Waals surface area contributed by atoms with Crippen molar-refractivity contribution in [1.29, 1.82) is 0 Å². The van der Waals surface area contributed by atoms with Crippen molar-refractivity contribution < 1.29 is 27.5 Å². The van der Waals surface area contributed by atoms with Gasteiger partial charge in [-0.25, -0.2) is 8.42 Å². The predicted molar refractivity (Wildman–Crippen MR) is 144 cm³/mol. The van der Waals surface area contributed by atoms with Crippen LogP contribution in [0.25, 0.3) is 0 Å². The van der Waals surface area contributed by atoms with Crippen LogP contribution in [0.2, 0.25) is 0 Å². The second kappa shape index (κ2) is 10.7. The Kier molecular flexibility index (Phi) is 7.86. The van der Waals surface area contributed by atoms with Gasteiger partial charge in [0.2, 0.25) is 5.91 Å². The van der Waals surface area contributed by atoms with E-state index in [2.05, 4.69) is 26.1 Å². The SMILES string of the molecule is CC(C)CC(NC(=O)c1ccc(C(C)(C)C)cc1)C(=O)N1CCC2C1C(=O)CN2S(=O)(=O)c1cccc[n+]1[O-]. The number of carbonyl (C=O) groups excluding carboxylic acids is 3. The molecule has 1 aromatic heterocycles. The molecule has 10 nitrogen and oxygen atoms in total. The molecule has 2 fully saturated rings. The zero-order chi connectivity index (χ0) is 28.7. The van der Waals surface area contributed by atoms with Gasteiger partial charge in [0, 0.05) is 24.2 Å². The summed E-state index contributed by atoms with van der Waals surface area (Å²) >= 11 is 0. The third-order valence-electron chi connectivity index (χ3n) is 7.35. The molecule has 3 atom stereocenters. The first-order valence-corrected chi connectivity index (χ1v) is 14.6. The molecule has 2 aromatic rings. The molecule has 3 unspecified atom stereocenters. The van der Waals surface area contributed by atoms with Crippen molar-refractivity contribution >= 4 is 27.6 Å². The van der Waals surface area contributed by atoms with Crippen LogP contribution < -0.4 is 10.0 Å². The van der Waals surface area contributed by atoms with Crippen molar-refractivity contribution in [3.05, 3.63) is 65.0 Å². The Morgan fingerprint density at radius 2 is 1.79 bits per heavy atom. The van der Waals surface area contributed by atoms with E-state index in [0.717, 1.165) is 16.1 Å². The molecular formula is C28H36N4O6S. The van der Waals surface area contributed by atoms with Gasteiger partial charge in [0.1, 0.15) is 12.1 Å². The van der Waals surface area contributed by atoms with Crippen LogP contribution in [0.5, 0.6) is 0 Å². The van der Waals surface area contributed by atoms with Crippen LogP contribution in [0, 0.1) is 11.1 Å². The number of aromatic nitrogens is 1. The van der Waals surface area contributed by atoms with E-state index >= 15 is 0 Å². The van der Waals surface area contributed by atoms with E-state index in [1.54, 1.807) is 12.1 Å². The number of pyridine rings is 1. The molecule has 2 amide bonds. The minimum atomic E-state index is -4.26. The van der Waals surface area contributed by atoms with E-state index < -0.39 is 57.3 Å². The zero-order valence-corrected chi connectivity index (χ0v) is 23.8. The van der Waals surface area contributed by atoms with Gasteiger partial charge in [-0.3, -0.25) is 14.4 Å². The van der Waals surface area contributed by atoms with Gasteiger partial charge in [0.05, 0.1) is 12.6 Å². The van der Waals surface area contributed by atoms with E-state index in [4.69, 9.17) is 0 Å². The molecule has 2 aliphatic rings. The number of hydrogen-bond acceptors (Lipinski definition) is 6. The molecule has 2 aliphatic heterocycles. The number of sulfonamides is 1. The number of nitrogens with one attached hydrogen (secondary N) is 1. The lowest BCUT2D eigenvalue weighted by Gasteiger charge is -2.29. The van der Waals surface area contributed by atoms with Gasteiger partial charge in [0.15, 0.2) is 12.0 Å². The van der Waals surface area contributed by atoms with Gasteiger partial charge < -0.3 is 15.4 Å². The molecular weight excluding hydrogens is 520 g/mol. The molecule has 1 N–H and O–H groups in total. The maximum atomic E-state index is 13.7. The van der Waals surface area contributed by atoms with Crippen LogP contribution in [0.4, 0.5) is 0 Å². The Morgan fingerprint density at radius 3 is 2.38 bits per heavy atom. The Balaban J connectivity index is 1.54. The molecule has 0 saturated carbocycles. The van der Waals surface area contributed by atoms with E-state index in [9.17, 15) is 28.0 Å². The lowest BCUT2D eigenvalue weighted by atomic mass is 9.86.